The average Bonchev–Trinajstić information content (AvgIpc) is 2.69. The van der Waals surface area contributed by atoms with Gasteiger partial charge < -0.3 is 4.74 Å². The molecule has 0 amide bonds. The second-order valence-electron chi connectivity index (χ2n) is 6.91. The topological polar surface area (TPSA) is 55.4 Å². The first-order chi connectivity index (χ1) is 13.3. The van der Waals surface area contributed by atoms with Gasteiger partial charge in [0.2, 0.25) is 10.0 Å². The number of benzene rings is 3. The summed E-state index contributed by atoms with van der Waals surface area (Å²) in [5.74, 6) is 0.676. The minimum absolute atomic E-state index is 0.264. The Hall–Kier alpha value is -2.63. The van der Waals surface area contributed by atoms with E-state index in [1.165, 1.54) is 0 Å². The number of aryl methyl sites for hydroxylation is 3. The van der Waals surface area contributed by atoms with Crippen LogP contribution in [0.1, 0.15) is 33.9 Å². The van der Waals surface area contributed by atoms with E-state index in [-0.39, 0.29) is 4.90 Å². The van der Waals surface area contributed by atoms with Crippen molar-refractivity contribution in [3.8, 4) is 5.75 Å². The van der Waals surface area contributed by atoms with E-state index in [4.69, 9.17) is 4.74 Å². The maximum absolute atomic E-state index is 13.3. The summed E-state index contributed by atoms with van der Waals surface area (Å²) in [6.07, 6.45) is 0. The number of hydrogen-bond acceptors (Lipinski definition) is 3. The van der Waals surface area contributed by atoms with Gasteiger partial charge in [0.25, 0.3) is 0 Å². The molecule has 0 radical (unpaired) electrons. The minimum Gasteiger partial charge on any atom is -0.496 e. The van der Waals surface area contributed by atoms with Crippen molar-refractivity contribution in [3.05, 3.63) is 94.5 Å². The first-order valence-electron chi connectivity index (χ1n) is 9.11. The molecule has 5 heteroatoms. The minimum atomic E-state index is -3.76. The summed E-state index contributed by atoms with van der Waals surface area (Å²) in [5, 5.41) is 0. The van der Waals surface area contributed by atoms with Crippen LogP contribution in [0.4, 0.5) is 0 Å². The van der Waals surface area contributed by atoms with E-state index in [1.54, 1.807) is 26.2 Å². The van der Waals surface area contributed by atoms with Crippen LogP contribution in [0.25, 0.3) is 0 Å². The molecule has 0 heterocycles. The van der Waals surface area contributed by atoms with E-state index in [9.17, 15) is 8.42 Å². The van der Waals surface area contributed by atoms with Gasteiger partial charge in [-0.25, -0.2) is 8.42 Å². The highest BCUT2D eigenvalue weighted by atomic mass is 32.2. The molecular formula is C23H25NO3S. The molecule has 0 saturated carbocycles. The van der Waals surface area contributed by atoms with E-state index in [2.05, 4.69) is 4.72 Å². The fourth-order valence-electron chi connectivity index (χ4n) is 3.36. The van der Waals surface area contributed by atoms with Gasteiger partial charge in [0.15, 0.2) is 0 Å². The van der Waals surface area contributed by atoms with Crippen LogP contribution in [-0.2, 0) is 10.0 Å². The molecule has 28 heavy (non-hydrogen) atoms. The quantitative estimate of drug-likeness (QED) is 0.659. The summed E-state index contributed by atoms with van der Waals surface area (Å²) in [4.78, 5) is 0.264. The van der Waals surface area contributed by atoms with Gasteiger partial charge in [-0.3, -0.25) is 0 Å². The second-order valence-corrected chi connectivity index (χ2v) is 8.59. The Morgan fingerprint density at radius 2 is 1.46 bits per heavy atom. The Balaban J connectivity index is 2.08. The van der Waals surface area contributed by atoms with Crippen LogP contribution in [0.5, 0.6) is 5.75 Å². The lowest BCUT2D eigenvalue weighted by atomic mass is 9.96. The van der Waals surface area contributed by atoms with Crippen molar-refractivity contribution >= 4 is 10.0 Å². The van der Waals surface area contributed by atoms with Crippen LogP contribution < -0.4 is 9.46 Å². The maximum atomic E-state index is 13.3. The Kier molecular flexibility index (Phi) is 5.87. The summed E-state index contributed by atoms with van der Waals surface area (Å²) in [5.41, 5.74) is 4.28. The van der Waals surface area contributed by atoms with Gasteiger partial charge in [-0.1, -0.05) is 54.6 Å². The zero-order valence-electron chi connectivity index (χ0n) is 16.6. The SMILES string of the molecule is COc1cc(C)c(S(=O)(=O)NC(c2ccccc2)c2ccccc2C)cc1C. The molecule has 0 saturated heterocycles. The maximum Gasteiger partial charge on any atom is 0.241 e. The average molecular weight is 396 g/mol. The molecule has 4 nitrogen and oxygen atoms in total. The van der Waals surface area contributed by atoms with Crippen molar-refractivity contribution in [2.75, 3.05) is 7.11 Å². The molecule has 0 aliphatic rings. The highest BCUT2D eigenvalue weighted by Gasteiger charge is 2.25. The number of methoxy groups -OCH3 is 1. The number of ether oxygens (including phenoxy) is 1. The molecule has 1 N–H and O–H groups in total. The largest absolute Gasteiger partial charge is 0.496 e. The van der Waals surface area contributed by atoms with Crippen LogP contribution in [0.15, 0.2) is 71.6 Å². The van der Waals surface area contributed by atoms with Gasteiger partial charge in [-0.2, -0.15) is 4.72 Å². The smallest absolute Gasteiger partial charge is 0.241 e. The highest BCUT2D eigenvalue weighted by molar-refractivity contribution is 7.89. The van der Waals surface area contributed by atoms with Crippen molar-refractivity contribution in [1.29, 1.82) is 0 Å². The Bertz CT molecular complexity index is 1080. The zero-order valence-corrected chi connectivity index (χ0v) is 17.4. The molecule has 0 bridgehead atoms. The summed E-state index contributed by atoms with van der Waals surface area (Å²) >= 11 is 0. The summed E-state index contributed by atoms with van der Waals surface area (Å²) in [6, 6.07) is 20.4. The predicted molar refractivity (Wildman–Crippen MR) is 112 cm³/mol. The third-order valence-corrected chi connectivity index (χ3v) is 6.45. The fourth-order valence-corrected chi connectivity index (χ4v) is 4.87. The van der Waals surface area contributed by atoms with Gasteiger partial charge in [0.05, 0.1) is 18.0 Å². The fraction of sp³-hybridized carbons (Fsp3) is 0.217. The molecule has 3 rings (SSSR count). The van der Waals surface area contributed by atoms with Crippen LogP contribution in [0.2, 0.25) is 0 Å². The van der Waals surface area contributed by atoms with Gasteiger partial charge in [-0.05, 0) is 60.7 Å². The molecule has 146 valence electrons. The molecule has 0 aliphatic heterocycles. The van der Waals surface area contributed by atoms with Crippen LogP contribution >= 0.6 is 0 Å². The van der Waals surface area contributed by atoms with E-state index >= 15 is 0 Å². The summed E-state index contributed by atoms with van der Waals surface area (Å²) in [6.45, 7) is 5.61. The van der Waals surface area contributed by atoms with Crippen LogP contribution in [0, 0.1) is 20.8 Å². The normalized spacial score (nSPS) is 12.6. The number of sulfonamides is 1. The summed E-state index contributed by atoms with van der Waals surface area (Å²) in [7, 11) is -2.18. The lowest BCUT2D eigenvalue weighted by molar-refractivity contribution is 0.411. The Morgan fingerprint density at radius 3 is 2.11 bits per heavy atom. The molecule has 3 aromatic rings. The highest BCUT2D eigenvalue weighted by Crippen LogP contribution is 2.30. The number of rotatable bonds is 6. The van der Waals surface area contributed by atoms with E-state index < -0.39 is 16.1 Å². The third kappa shape index (κ3) is 4.11. The van der Waals surface area contributed by atoms with E-state index in [0.29, 0.717) is 11.3 Å². The van der Waals surface area contributed by atoms with Crippen LogP contribution in [-0.4, -0.2) is 15.5 Å². The number of hydrogen-bond donors (Lipinski definition) is 1. The molecule has 0 fully saturated rings. The molecule has 0 aromatic heterocycles. The van der Waals surface area contributed by atoms with Gasteiger partial charge in [0.1, 0.15) is 5.75 Å². The third-order valence-electron chi connectivity index (χ3n) is 4.89. The molecule has 1 atom stereocenters. The van der Waals surface area contributed by atoms with E-state index in [1.807, 2.05) is 68.4 Å². The first-order valence-corrected chi connectivity index (χ1v) is 10.6. The second kappa shape index (κ2) is 8.17. The predicted octanol–water partition coefficient (Wildman–Crippen LogP) is 4.69. The van der Waals surface area contributed by atoms with Crippen molar-refractivity contribution in [2.45, 2.75) is 31.7 Å². The van der Waals surface area contributed by atoms with Crippen molar-refractivity contribution in [2.24, 2.45) is 0 Å². The Labute approximate surface area is 167 Å². The van der Waals surface area contributed by atoms with Gasteiger partial charge >= 0.3 is 0 Å². The van der Waals surface area contributed by atoms with E-state index in [0.717, 1.165) is 22.3 Å². The molecule has 1 unspecified atom stereocenters. The van der Waals surface area contributed by atoms with Gasteiger partial charge in [0, 0.05) is 0 Å². The molecular weight excluding hydrogens is 370 g/mol. The van der Waals surface area contributed by atoms with Gasteiger partial charge in [-0.15, -0.1) is 0 Å². The molecule has 0 aliphatic carbocycles. The van der Waals surface area contributed by atoms with Crippen molar-refractivity contribution in [1.82, 2.24) is 4.72 Å². The Morgan fingerprint density at radius 1 is 0.821 bits per heavy atom. The first kappa shape index (κ1) is 20.1. The van der Waals surface area contributed by atoms with Crippen molar-refractivity contribution < 1.29 is 13.2 Å². The monoisotopic (exact) mass is 395 g/mol. The zero-order chi connectivity index (χ0) is 20.3. The van der Waals surface area contributed by atoms with Crippen LogP contribution in [0.3, 0.4) is 0 Å². The molecule has 0 spiro atoms. The van der Waals surface area contributed by atoms with Crippen molar-refractivity contribution in [3.63, 3.8) is 0 Å². The summed E-state index contributed by atoms with van der Waals surface area (Å²) < 4.78 is 34.9. The standard InChI is InChI=1S/C23H25NO3S/c1-16-10-8-9-13-20(16)23(19-11-6-5-7-12-19)24-28(25,26)22-15-17(2)21(27-4)14-18(22)3/h5-15,23-24H,1-4H3. The number of nitrogens with one attached hydrogen (secondary N) is 1. The lowest BCUT2D eigenvalue weighted by Crippen LogP contribution is -2.30. The molecule has 3 aromatic carbocycles. The lowest BCUT2D eigenvalue weighted by Gasteiger charge is -2.22.